The van der Waals surface area contributed by atoms with Crippen LogP contribution in [-0.4, -0.2) is 32.6 Å². The van der Waals surface area contributed by atoms with Gasteiger partial charge in [0.25, 0.3) is 0 Å². The van der Waals surface area contributed by atoms with Crippen molar-refractivity contribution in [1.82, 2.24) is 20.0 Å². The van der Waals surface area contributed by atoms with E-state index in [1.807, 2.05) is 0 Å². The Morgan fingerprint density at radius 3 is 3.06 bits per heavy atom. The lowest BCUT2D eigenvalue weighted by atomic mass is 10.4. The van der Waals surface area contributed by atoms with Crippen molar-refractivity contribution in [3.05, 3.63) is 21.9 Å². The van der Waals surface area contributed by atoms with Gasteiger partial charge in [-0.1, -0.05) is 11.3 Å². The SMILES string of the molecule is CCOC(=O)c1cnn(-c2nnc(Br)s2)c1. The summed E-state index contributed by atoms with van der Waals surface area (Å²) in [6, 6.07) is 0. The molecule has 0 fully saturated rings. The molecule has 0 atom stereocenters. The molecule has 0 unspecified atom stereocenters. The number of nitrogens with zero attached hydrogens (tertiary/aromatic N) is 4. The summed E-state index contributed by atoms with van der Waals surface area (Å²) in [4.78, 5) is 11.4. The third-order valence-corrected chi connectivity index (χ3v) is 3.02. The van der Waals surface area contributed by atoms with Crippen LogP contribution in [0.5, 0.6) is 0 Å². The fourth-order valence-electron chi connectivity index (χ4n) is 1.04. The fourth-order valence-corrected chi connectivity index (χ4v) is 2.06. The highest BCUT2D eigenvalue weighted by molar-refractivity contribution is 9.11. The summed E-state index contributed by atoms with van der Waals surface area (Å²) in [5.74, 6) is -0.391. The zero-order valence-electron chi connectivity index (χ0n) is 8.25. The van der Waals surface area contributed by atoms with Crippen LogP contribution in [0, 0.1) is 0 Å². The van der Waals surface area contributed by atoms with Crippen LogP contribution >= 0.6 is 27.3 Å². The Morgan fingerprint density at radius 2 is 2.44 bits per heavy atom. The van der Waals surface area contributed by atoms with Crippen LogP contribution in [0.4, 0.5) is 0 Å². The average molecular weight is 303 g/mol. The molecule has 0 N–H and O–H groups in total. The summed E-state index contributed by atoms with van der Waals surface area (Å²) in [5.41, 5.74) is 0.396. The van der Waals surface area contributed by atoms with E-state index in [2.05, 4.69) is 31.2 Å². The topological polar surface area (TPSA) is 69.9 Å². The number of aromatic nitrogens is 4. The largest absolute Gasteiger partial charge is 0.462 e. The molecule has 0 saturated heterocycles. The smallest absolute Gasteiger partial charge is 0.341 e. The minimum absolute atomic E-state index is 0.342. The molecular formula is C8H7BrN4O2S. The first kappa shape index (κ1) is 11.2. The number of ether oxygens (including phenoxy) is 1. The van der Waals surface area contributed by atoms with Gasteiger partial charge in [-0.15, -0.1) is 10.2 Å². The van der Waals surface area contributed by atoms with E-state index in [4.69, 9.17) is 4.74 Å². The van der Waals surface area contributed by atoms with Crippen LogP contribution in [0.3, 0.4) is 0 Å². The number of hydrogen-bond acceptors (Lipinski definition) is 6. The number of carbonyl (C=O) groups is 1. The second kappa shape index (κ2) is 4.71. The molecule has 0 amide bonds. The van der Waals surface area contributed by atoms with Gasteiger partial charge in [-0.25, -0.2) is 9.48 Å². The van der Waals surface area contributed by atoms with E-state index in [-0.39, 0.29) is 0 Å². The first-order chi connectivity index (χ1) is 7.70. The third-order valence-electron chi connectivity index (χ3n) is 1.68. The van der Waals surface area contributed by atoms with Crippen molar-refractivity contribution in [1.29, 1.82) is 0 Å². The molecule has 0 radical (unpaired) electrons. The van der Waals surface area contributed by atoms with E-state index in [1.165, 1.54) is 22.2 Å². The number of carbonyl (C=O) groups excluding carboxylic acids is 1. The molecule has 0 saturated carbocycles. The van der Waals surface area contributed by atoms with E-state index < -0.39 is 5.97 Å². The minimum Gasteiger partial charge on any atom is -0.462 e. The van der Waals surface area contributed by atoms with Gasteiger partial charge in [0.1, 0.15) is 0 Å². The van der Waals surface area contributed by atoms with Gasteiger partial charge >= 0.3 is 5.97 Å². The maximum Gasteiger partial charge on any atom is 0.341 e. The van der Waals surface area contributed by atoms with E-state index in [1.54, 1.807) is 13.1 Å². The van der Waals surface area contributed by atoms with Gasteiger partial charge in [0.05, 0.1) is 18.4 Å². The number of esters is 1. The summed E-state index contributed by atoms with van der Waals surface area (Å²) in [6.45, 7) is 2.10. The number of halogens is 1. The maximum atomic E-state index is 11.4. The average Bonchev–Trinajstić information content (AvgIpc) is 2.85. The Bertz CT molecular complexity index is 510. The van der Waals surface area contributed by atoms with E-state index in [0.717, 1.165) is 0 Å². The van der Waals surface area contributed by atoms with Crippen molar-refractivity contribution >= 4 is 33.2 Å². The van der Waals surface area contributed by atoms with Gasteiger partial charge in [0.15, 0.2) is 3.92 Å². The van der Waals surface area contributed by atoms with Gasteiger partial charge in [0.2, 0.25) is 5.13 Å². The van der Waals surface area contributed by atoms with Crippen LogP contribution in [-0.2, 0) is 4.74 Å². The standard InChI is InChI=1S/C8H7BrN4O2S/c1-2-15-6(14)5-3-10-13(4-5)8-12-11-7(9)16-8/h3-4H,2H2,1H3. The van der Waals surface area contributed by atoms with Crippen LogP contribution in [0.15, 0.2) is 16.3 Å². The molecule has 2 aromatic heterocycles. The number of rotatable bonds is 3. The van der Waals surface area contributed by atoms with Crippen LogP contribution in [0.1, 0.15) is 17.3 Å². The lowest BCUT2D eigenvalue weighted by molar-refractivity contribution is 0.0526. The third kappa shape index (κ3) is 2.27. The first-order valence-corrected chi connectivity index (χ1v) is 6.03. The van der Waals surface area contributed by atoms with Gasteiger partial charge in [-0.3, -0.25) is 0 Å². The molecule has 0 aliphatic heterocycles. The summed E-state index contributed by atoms with van der Waals surface area (Å²) < 4.78 is 6.99. The van der Waals surface area contributed by atoms with Crippen molar-refractivity contribution in [3.8, 4) is 5.13 Å². The molecule has 2 rings (SSSR count). The zero-order chi connectivity index (χ0) is 11.5. The second-order valence-electron chi connectivity index (χ2n) is 2.73. The molecule has 0 bridgehead atoms. The van der Waals surface area contributed by atoms with Gasteiger partial charge < -0.3 is 4.74 Å². The van der Waals surface area contributed by atoms with E-state index >= 15 is 0 Å². The Kier molecular flexibility index (Phi) is 3.30. The summed E-state index contributed by atoms with van der Waals surface area (Å²) in [6.07, 6.45) is 3.00. The van der Waals surface area contributed by atoms with Gasteiger partial charge in [-0.05, 0) is 22.9 Å². The molecule has 0 aliphatic rings. The Balaban J connectivity index is 2.22. The monoisotopic (exact) mass is 302 g/mol. The van der Waals surface area contributed by atoms with Crippen molar-refractivity contribution in [2.45, 2.75) is 6.92 Å². The molecule has 2 heterocycles. The van der Waals surface area contributed by atoms with Crippen LogP contribution < -0.4 is 0 Å². The molecular weight excluding hydrogens is 296 g/mol. The zero-order valence-corrected chi connectivity index (χ0v) is 10.7. The van der Waals surface area contributed by atoms with E-state index in [0.29, 0.717) is 21.2 Å². The molecule has 6 nitrogen and oxygen atoms in total. The Morgan fingerprint density at radius 1 is 1.62 bits per heavy atom. The first-order valence-electron chi connectivity index (χ1n) is 4.42. The molecule has 84 valence electrons. The van der Waals surface area contributed by atoms with Crippen LogP contribution in [0.2, 0.25) is 0 Å². The van der Waals surface area contributed by atoms with Crippen LogP contribution in [0.25, 0.3) is 5.13 Å². The fraction of sp³-hybridized carbons (Fsp3) is 0.250. The molecule has 8 heteroatoms. The molecule has 16 heavy (non-hydrogen) atoms. The van der Waals surface area contributed by atoms with Crippen molar-refractivity contribution in [2.24, 2.45) is 0 Å². The summed E-state index contributed by atoms with van der Waals surface area (Å²) in [5, 5.41) is 12.3. The second-order valence-corrected chi connectivity index (χ2v) is 4.96. The predicted molar refractivity (Wildman–Crippen MR) is 60.7 cm³/mol. The Labute approximate surface area is 103 Å². The van der Waals surface area contributed by atoms with Crippen molar-refractivity contribution < 1.29 is 9.53 Å². The van der Waals surface area contributed by atoms with Crippen molar-refractivity contribution in [3.63, 3.8) is 0 Å². The summed E-state index contributed by atoms with van der Waals surface area (Å²) >= 11 is 4.52. The minimum atomic E-state index is -0.391. The molecule has 0 spiro atoms. The van der Waals surface area contributed by atoms with Crippen molar-refractivity contribution in [2.75, 3.05) is 6.61 Å². The predicted octanol–water partition coefficient (Wildman–Crippen LogP) is 1.66. The normalized spacial score (nSPS) is 10.4. The number of hydrogen-bond donors (Lipinski definition) is 0. The Hall–Kier alpha value is -1.28. The highest BCUT2D eigenvalue weighted by Gasteiger charge is 2.12. The molecule has 2 aromatic rings. The van der Waals surface area contributed by atoms with Gasteiger partial charge in [-0.2, -0.15) is 5.10 Å². The molecule has 0 aromatic carbocycles. The lowest BCUT2D eigenvalue weighted by Crippen LogP contribution is -2.03. The lowest BCUT2D eigenvalue weighted by Gasteiger charge is -1.96. The maximum absolute atomic E-state index is 11.4. The quantitative estimate of drug-likeness (QED) is 0.807. The molecule has 0 aliphatic carbocycles. The highest BCUT2D eigenvalue weighted by atomic mass is 79.9. The van der Waals surface area contributed by atoms with E-state index in [9.17, 15) is 4.79 Å². The summed E-state index contributed by atoms with van der Waals surface area (Å²) in [7, 11) is 0. The highest BCUT2D eigenvalue weighted by Crippen LogP contribution is 2.19. The van der Waals surface area contributed by atoms with Gasteiger partial charge in [0, 0.05) is 6.20 Å².